The van der Waals surface area contributed by atoms with Crippen LogP contribution < -0.4 is 5.43 Å². The molecule has 156 valence electrons. The number of carbonyl (C=O) groups excluding carboxylic acids is 1. The molecule has 0 atom stereocenters. The van der Waals surface area contributed by atoms with Gasteiger partial charge in [0.05, 0.1) is 23.8 Å². The molecule has 0 spiro atoms. The Bertz CT molecular complexity index is 1060. The molecule has 1 aromatic heterocycles. The van der Waals surface area contributed by atoms with Crippen molar-refractivity contribution in [2.75, 3.05) is 0 Å². The molecular weight excluding hydrogens is 374 g/mol. The lowest BCUT2D eigenvalue weighted by Crippen LogP contribution is -2.32. The minimum Gasteiger partial charge on any atom is -0.464 e. The summed E-state index contributed by atoms with van der Waals surface area (Å²) in [6.07, 6.45) is 8.03. The summed E-state index contributed by atoms with van der Waals surface area (Å²) >= 11 is 0. The standard InChI is InChI=1S/C26H29NO3/c1-19-11-13-24-23(15-19)26(29)22(18-30-24)17-27(16-21-9-3-2-4-10-21)25(28)14-12-20-7-5-6-8-20/h2-4,9-11,13,15,18,20H,5-8,12,14,16-17H2,1H3. The predicted molar refractivity (Wildman–Crippen MR) is 119 cm³/mol. The van der Waals surface area contributed by atoms with Crippen molar-refractivity contribution in [1.82, 2.24) is 4.90 Å². The fourth-order valence-corrected chi connectivity index (χ4v) is 4.42. The third kappa shape index (κ3) is 4.81. The maximum atomic E-state index is 13.1. The Morgan fingerprint density at radius 3 is 2.60 bits per heavy atom. The number of rotatable bonds is 7. The van der Waals surface area contributed by atoms with E-state index >= 15 is 0 Å². The van der Waals surface area contributed by atoms with Crippen LogP contribution in [-0.4, -0.2) is 10.8 Å². The molecule has 2 aromatic carbocycles. The first-order valence-corrected chi connectivity index (χ1v) is 10.9. The van der Waals surface area contributed by atoms with E-state index in [-0.39, 0.29) is 17.9 Å². The van der Waals surface area contributed by atoms with E-state index < -0.39 is 0 Å². The minimum absolute atomic E-state index is 0.0541. The van der Waals surface area contributed by atoms with Crippen molar-refractivity contribution in [3.05, 3.63) is 81.7 Å². The van der Waals surface area contributed by atoms with Crippen LogP contribution in [0, 0.1) is 12.8 Å². The van der Waals surface area contributed by atoms with Crippen molar-refractivity contribution >= 4 is 16.9 Å². The van der Waals surface area contributed by atoms with E-state index in [2.05, 4.69) is 0 Å². The van der Waals surface area contributed by atoms with Gasteiger partial charge in [-0.05, 0) is 37.0 Å². The van der Waals surface area contributed by atoms with Gasteiger partial charge in [0.15, 0.2) is 5.43 Å². The van der Waals surface area contributed by atoms with E-state index in [1.807, 2.05) is 55.5 Å². The zero-order valence-electron chi connectivity index (χ0n) is 17.6. The largest absolute Gasteiger partial charge is 0.464 e. The highest BCUT2D eigenvalue weighted by Crippen LogP contribution is 2.29. The van der Waals surface area contributed by atoms with Crippen molar-refractivity contribution in [3.8, 4) is 0 Å². The van der Waals surface area contributed by atoms with Crippen molar-refractivity contribution in [2.24, 2.45) is 5.92 Å². The monoisotopic (exact) mass is 403 g/mol. The Balaban J connectivity index is 1.57. The average Bonchev–Trinajstić information content (AvgIpc) is 3.28. The molecule has 30 heavy (non-hydrogen) atoms. The van der Waals surface area contributed by atoms with Crippen LogP contribution in [0.25, 0.3) is 11.0 Å². The summed E-state index contributed by atoms with van der Waals surface area (Å²) < 4.78 is 5.71. The second-order valence-corrected chi connectivity index (χ2v) is 8.51. The molecular formula is C26H29NO3. The van der Waals surface area contributed by atoms with Gasteiger partial charge in [0.2, 0.25) is 5.91 Å². The molecule has 4 rings (SSSR count). The molecule has 0 saturated heterocycles. The van der Waals surface area contributed by atoms with Crippen molar-refractivity contribution in [1.29, 1.82) is 0 Å². The van der Waals surface area contributed by atoms with Crippen LogP contribution in [0.5, 0.6) is 0 Å². The first-order valence-electron chi connectivity index (χ1n) is 10.9. The van der Waals surface area contributed by atoms with Gasteiger partial charge in [0, 0.05) is 13.0 Å². The van der Waals surface area contributed by atoms with E-state index in [4.69, 9.17) is 4.42 Å². The first-order chi connectivity index (χ1) is 14.6. The zero-order chi connectivity index (χ0) is 20.9. The van der Waals surface area contributed by atoms with Crippen LogP contribution in [0.1, 0.15) is 55.2 Å². The maximum absolute atomic E-state index is 13.1. The van der Waals surface area contributed by atoms with Gasteiger partial charge in [-0.1, -0.05) is 67.6 Å². The molecule has 1 fully saturated rings. The number of benzene rings is 2. The Kier molecular flexibility index (Phi) is 6.32. The van der Waals surface area contributed by atoms with Gasteiger partial charge >= 0.3 is 0 Å². The molecule has 0 aliphatic heterocycles. The fourth-order valence-electron chi connectivity index (χ4n) is 4.42. The molecule has 3 aromatic rings. The Hall–Kier alpha value is -2.88. The van der Waals surface area contributed by atoms with Crippen LogP contribution in [-0.2, 0) is 17.9 Å². The highest BCUT2D eigenvalue weighted by molar-refractivity contribution is 5.78. The molecule has 4 heteroatoms. The van der Waals surface area contributed by atoms with Crippen molar-refractivity contribution in [3.63, 3.8) is 0 Å². The molecule has 4 nitrogen and oxygen atoms in total. The van der Waals surface area contributed by atoms with Gasteiger partial charge < -0.3 is 9.32 Å². The molecule has 1 aliphatic carbocycles. The topological polar surface area (TPSA) is 50.5 Å². The number of carbonyl (C=O) groups is 1. The van der Waals surface area contributed by atoms with Crippen LogP contribution in [0.15, 0.2) is 64.0 Å². The normalized spacial score (nSPS) is 14.3. The number of aryl methyl sites for hydroxylation is 1. The summed E-state index contributed by atoms with van der Waals surface area (Å²) in [5.41, 5.74) is 3.13. The summed E-state index contributed by atoms with van der Waals surface area (Å²) in [6, 6.07) is 15.6. The van der Waals surface area contributed by atoms with Crippen LogP contribution in [0.2, 0.25) is 0 Å². The molecule has 0 bridgehead atoms. The molecule has 0 unspecified atom stereocenters. The Morgan fingerprint density at radius 1 is 1.07 bits per heavy atom. The molecule has 1 saturated carbocycles. The van der Waals surface area contributed by atoms with Crippen LogP contribution >= 0.6 is 0 Å². The van der Waals surface area contributed by atoms with Gasteiger partial charge in [-0.2, -0.15) is 0 Å². The number of amides is 1. The lowest BCUT2D eigenvalue weighted by molar-refractivity contribution is -0.132. The first kappa shape index (κ1) is 20.4. The fraction of sp³-hybridized carbons (Fsp3) is 0.385. The van der Waals surface area contributed by atoms with E-state index in [9.17, 15) is 9.59 Å². The minimum atomic E-state index is -0.0541. The Labute approximate surface area is 177 Å². The third-order valence-electron chi connectivity index (χ3n) is 6.17. The molecule has 1 amide bonds. The quantitative estimate of drug-likeness (QED) is 0.516. The average molecular weight is 404 g/mol. The van der Waals surface area contributed by atoms with Crippen LogP contribution in [0.4, 0.5) is 0 Å². The SMILES string of the molecule is Cc1ccc2occ(CN(Cc3ccccc3)C(=O)CCC3CCCC3)c(=O)c2c1. The molecule has 0 radical (unpaired) electrons. The van der Waals surface area contributed by atoms with Crippen molar-refractivity contribution in [2.45, 2.75) is 58.5 Å². The summed E-state index contributed by atoms with van der Waals surface area (Å²) in [4.78, 5) is 28.0. The van der Waals surface area contributed by atoms with Crippen LogP contribution in [0.3, 0.4) is 0 Å². The Morgan fingerprint density at radius 2 is 1.83 bits per heavy atom. The zero-order valence-corrected chi connectivity index (χ0v) is 17.6. The van der Waals surface area contributed by atoms with E-state index in [0.717, 1.165) is 17.5 Å². The molecule has 1 aliphatic rings. The van der Waals surface area contributed by atoms with Gasteiger partial charge in [0.1, 0.15) is 5.58 Å². The summed E-state index contributed by atoms with van der Waals surface area (Å²) in [5.74, 6) is 0.774. The van der Waals surface area contributed by atoms with E-state index in [1.165, 1.54) is 31.9 Å². The lowest BCUT2D eigenvalue weighted by Gasteiger charge is -2.23. The number of hydrogen-bond acceptors (Lipinski definition) is 3. The predicted octanol–water partition coefficient (Wildman–Crippen LogP) is 5.60. The third-order valence-corrected chi connectivity index (χ3v) is 6.17. The van der Waals surface area contributed by atoms with Gasteiger partial charge in [-0.25, -0.2) is 0 Å². The highest BCUT2D eigenvalue weighted by atomic mass is 16.3. The number of hydrogen-bond donors (Lipinski definition) is 0. The lowest BCUT2D eigenvalue weighted by atomic mass is 10.0. The summed E-state index contributed by atoms with van der Waals surface area (Å²) in [6.45, 7) is 2.72. The molecule has 1 heterocycles. The number of fused-ring (bicyclic) bond motifs is 1. The second-order valence-electron chi connectivity index (χ2n) is 8.51. The van der Waals surface area contributed by atoms with E-state index in [1.54, 1.807) is 4.90 Å². The van der Waals surface area contributed by atoms with E-state index in [0.29, 0.717) is 35.4 Å². The number of nitrogens with zero attached hydrogens (tertiary/aromatic N) is 1. The highest BCUT2D eigenvalue weighted by Gasteiger charge is 2.21. The molecule has 0 N–H and O–H groups in total. The van der Waals surface area contributed by atoms with Gasteiger partial charge in [-0.3, -0.25) is 9.59 Å². The second kappa shape index (κ2) is 9.29. The maximum Gasteiger partial charge on any atom is 0.223 e. The van der Waals surface area contributed by atoms with Gasteiger partial charge in [-0.15, -0.1) is 0 Å². The summed E-state index contributed by atoms with van der Waals surface area (Å²) in [5, 5.41) is 0.575. The smallest absolute Gasteiger partial charge is 0.223 e. The van der Waals surface area contributed by atoms with Gasteiger partial charge in [0.25, 0.3) is 0 Å². The summed E-state index contributed by atoms with van der Waals surface area (Å²) in [7, 11) is 0. The van der Waals surface area contributed by atoms with Crippen molar-refractivity contribution < 1.29 is 9.21 Å².